The normalized spacial score (nSPS) is 26.5. The van der Waals surface area contributed by atoms with Gasteiger partial charge in [-0.3, -0.25) is 4.79 Å². The minimum atomic E-state index is -3.02. The van der Waals surface area contributed by atoms with E-state index < -0.39 is 9.84 Å². The topological polar surface area (TPSA) is 51.2 Å². The molecule has 21 heavy (non-hydrogen) atoms. The Morgan fingerprint density at radius 2 is 1.67 bits per heavy atom. The van der Waals surface area contributed by atoms with Gasteiger partial charge < -0.3 is 0 Å². The second-order valence-corrected chi connectivity index (χ2v) is 8.92. The van der Waals surface area contributed by atoms with Gasteiger partial charge >= 0.3 is 0 Å². The first-order valence-electron chi connectivity index (χ1n) is 7.74. The van der Waals surface area contributed by atoms with Crippen LogP contribution < -0.4 is 0 Å². The largest absolute Gasteiger partial charge is 0.299 e. The van der Waals surface area contributed by atoms with Gasteiger partial charge in [0, 0.05) is 18.1 Å². The first-order chi connectivity index (χ1) is 9.95. The van der Waals surface area contributed by atoms with Gasteiger partial charge in [0.05, 0.1) is 5.25 Å². The maximum absolute atomic E-state index is 12.7. The summed E-state index contributed by atoms with van der Waals surface area (Å²) in [7, 11) is -3.02. The Morgan fingerprint density at radius 3 is 2.24 bits per heavy atom. The van der Waals surface area contributed by atoms with Crippen molar-refractivity contribution in [3.05, 3.63) is 35.4 Å². The van der Waals surface area contributed by atoms with Crippen LogP contribution in [0.25, 0.3) is 0 Å². The lowest BCUT2D eigenvalue weighted by molar-refractivity contribution is -0.127. The highest BCUT2D eigenvalue weighted by Gasteiger charge is 2.37. The Kier molecular flexibility index (Phi) is 3.91. The molecule has 0 spiro atoms. The molecule has 0 saturated heterocycles. The highest BCUT2D eigenvalue weighted by Crippen LogP contribution is 2.35. The van der Waals surface area contributed by atoms with E-state index in [2.05, 4.69) is 12.1 Å². The molecule has 1 fully saturated rings. The summed E-state index contributed by atoms with van der Waals surface area (Å²) < 4.78 is 23.5. The van der Waals surface area contributed by atoms with E-state index in [1.165, 1.54) is 17.4 Å². The van der Waals surface area contributed by atoms with Crippen molar-refractivity contribution in [3.63, 3.8) is 0 Å². The van der Waals surface area contributed by atoms with E-state index in [1.54, 1.807) is 0 Å². The van der Waals surface area contributed by atoms with Crippen molar-refractivity contribution in [2.24, 2.45) is 11.8 Å². The quantitative estimate of drug-likeness (QED) is 0.862. The summed E-state index contributed by atoms with van der Waals surface area (Å²) in [6.07, 6.45) is 5.92. The van der Waals surface area contributed by atoms with Crippen molar-refractivity contribution in [3.8, 4) is 0 Å². The Balaban J connectivity index is 1.69. The average molecular weight is 306 g/mol. The minimum absolute atomic E-state index is 0.0576. The zero-order valence-corrected chi connectivity index (χ0v) is 13.2. The lowest BCUT2D eigenvalue weighted by atomic mass is 9.80. The molecule has 2 aliphatic carbocycles. The number of rotatable bonds is 3. The van der Waals surface area contributed by atoms with Crippen LogP contribution in [-0.2, 0) is 27.5 Å². The third kappa shape index (κ3) is 3.05. The molecule has 0 aliphatic heterocycles. The van der Waals surface area contributed by atoms with E-state index in [9.17, 15) is 13.2 Å². The fourth-order valence-corrected chi connectivity index (χ4v) is 5.06. The van der Waals surface area contributed by atoms with E-state index in [4.69, 9.17) is 0 Å². The monoisotopic (exact) mass is 306 g/mol. The van der Waals surface area contributed by atoms with Crippen molar-refractivity contribution in [1.82, 2.24) is 0 Å². The first kappa shape index (κ1) is 14.8. The molecule has 1 aromatic rings. The summed E-state index contributed by atoms with van der Waals surface area (Å²) >= 11 is 0. The Hall–Kier alpha value is -1.16. The van der Waals surface area contributed by atoms with Gasteiger partial charge in [0.15, 0.2) is 0 Å². The molecule has 0 bridgehead atoms. The standard InChI is InChI=1S/C17H22O3S/c1-21(19,20)16-8-4-7-14(11-16)17(18)15-9-12-5-2-3-6-13(12)10-15/h2-3,5-6,14-16H,4,7-11H2,1H3. The maximum atomic E-state index is 12.7. The van der Waals surface area contributed by atoms with Crippen LogP contribution in [0.3, 0.4) is 0 Å². The maximum Gasteiger partial charge on any atom is 0.150 e. The van der Waals surface area contributed by atoms with Crippen LogP contribution in [0, 0.1) is 11.8 Å². The van der Waals surface area contributed by atoms with Crippen molar-refractivity contribution >= 4 is 15.6 Å². The second kappa shape index (κ2) is 5.56. The Bertz CT molecular complexity index is 623. The number of ketones is 1. The number of hydrogen-bond acceptors (Lipinski definition) is 3. The molecule has 1 aromatic carbocycles. The van der Waals surface area contributed by atoms with Crippen LogP contribution in [0.4, 0.5) is 0 Å². The lowest BCUT2D eigenvalue weighted by Gasteiger charge is -2.28. The smallest absolute Gasteiger partial charge is 0.150 e. The van der Waals surface area contributed by atoms with Gasteiger partial charge in [-0.1, -0.05) is 30.7 Å². The van der Waals surface area contributed by atoms with Gasteiger partial charge in [0.25, 0.3) is 0 Å². The number of hydrogen-bond donors (Lipinski definition) is 0. The summed E-state index contributed by atoms with van der Waals surface area (Å²) in [6, 6.07) is 8.24. The summed E-state index contributed by atoms with van der Waals surface area (Å²) in [5, 5.41) is -0.316. The zero-order chi connectivity index (χ0) is 15.0. The molecule has 0 N–H and O–H groups in total. The molecule has 114 valence electrons. The van der Waals surface area contributed by atoms with Crippen molar-refractivity contribution in [1.29, 1.82) is 0 Å². The highest BCUT2D eigenvalue weighted by molar-refractivity contribution is 7.91. The van der Waals surface area contributed by atoms with Crippen LogP contribution in [0.5, 0.6) is 0 Å². The van der Waals surface area contributed by atoms with Gasteiger partial charge in [-0.05, 0) is 43.2 Å². The highest BCUT2D eigenvalue weighted by atomic mass is 32.2. The Labute approximate surface area is 126 Å². The Morgan fingerprint density at radius 1 is 1.05 bits per heavy atom. The molecule has 3 rings (SSSR count). The molecular weight excluding hydrogens is 284 g/mol. The molecule has 2 aliphatic rings. The predicted molar refractivity (Wildman–Crippen MR) is 82.9 cm³/mol. The third-order valence-corrected chi connectivity index (χ3v) is 6.73. The molecule has 3 nitrogen and oxygen atoms in total. The summed E-state index contributed by atoms with van der Waals surface area (Å²) in [5.74, 6) is 0.294. The molecule has 0 aromatic heterocycles. The van der Waals surface area contributed by atoms with E-state index >= 15 is 0 Å². The molecule has 0 heterocycles. The van der Waals surface area contributed by atoms with Crippen LogP contribution in [0.15, 0.2) is 24.3 Å². The number of carbonyl (C=O) groups excluding carboxylic acids is 1. The van der Waals surface area contributed by atoms with E-state index in [-0.39, 0.29) is 17.1 Å². The van der Waals surface area contributed by atoms with Crippen molar-refractivity contribution < 1.29 is 13.2 Å². The van der Waals surface area contributed by atoms with E-state index in [0.717, 1.165) is 25.7 Å². The minimum Gasteiger partial charge on any atom is -0.299 e. The average Bonchev–Trinajstić information content (AvgIpc) is 2.89. The van der Waals surface area contributed by atoms with E-state index in [0.29, 0.717) is 18.6 Å². The van der Waals surface area contributed by atoms with Gasteiger partial charge in [0.1, 0.15) is 15.6 Å². The van der Waals surface area contributed by atoms with Crippen LogP contribution in [-0.4, -0.2) is 25.7 Å². The lowest BCUT2D eigenvalue weighted by Crippen LogP contribution is -2.34. The summed E-state index contributed by atoms with van der Waals surface area (Å²) in [5.41, 5.74) is 2.57. The molecule has 0 amide bonds. The third-order valence-electron chi connectivity index (χ3n) is 5.09. The number of sulfone groups is 1. The molecular formula is C17H22O3S. The molecule has 0 radical (unpaired) electrons. The summed E-state index contributed by atoms with van der Waals surface area (Å²) in [6.45, 7) is 0. The van der Waals surface area contributed by atoms with Gasteiger partial charge in [0.2, 0.25) is 0 Å². The molecule has 2 atom stereocenters. The molecule has 4 heteroatoms. The second-order valence-electron chi connectivity index (χ2n) is 6.59. The van der Waals surface area contributed by atoms with E-state index in [1.807, 2.05) is 12.1 Å². The number of fused-ring (bicyclic) bond motifs is 1. The number of Topliss-reactive ketones (excluding diaryl/α,β-unsaturated/α-hetero) is 1. The first-order valence-corrected chi connectivity index (χ1v) is 9.70. The van der Waals surface area contributed by atoms with Crippen LogP contribution >= 0.6 is 0 Å². The van der Waals surface area contributed by atoms with Gasteiger partial charge in [-0.15, -0.1) is 0 Å². The fraction of sp³-hybridized carbons (Fsp3) is 0.588. The predicted octanol–water partition coefficient (Wildman–Crippen LogP) is 2.57. The van der Waals surface area contributed by atoms with Crippen LogP contribution in [0.2, 0.25) is 0 Å². The van der Waals surface area contributed by atoms with Gasteiger partial charge in [-0.2, -0.15) is 0 Å². The fourth-order valence-electron chi connectivity index (χ4n) is 3.89. The van der Waals surface area contributed by atoms with Crippen LogP contribution in [0.1, 0.15) is 36.8 Å². The SMILES string of the molecule is CS(=O)(=O)C1CCCC(C(=O)C2Cc3ccccc3C2)C1. The van der Waals surface area contributed by atoms with Gasteiger partial charge in [-0.25, -0.2) is 8.42 Å². The number of benzene rings is 1. The molecule has 2 unspecified atom stereocenters. The van der Waals surface area contributed by atoms with Crippen molar-refractivity contribution in [2.75, 3.05) is 6.26 Å². The van der Waals surface area contributed by atoms with Crippen molar-refractivity contribution in [2.45, 2.75) is 43.8 Å². The molecule has 1 saturated carbocycles. The number of carbonyl (C=O) groups is 1. The summed E-state index contributed by atoms with van der Waals surface area (Å²) in [4.78, 5) is 12.7. The zero-order valence-electron chi connectivity index (χ0n) is 12.4.